The molecule has 2 saturated heterocycles. The summed E-state index contributed by atoms with van der Waals surface area (Å²) in [6.07, 6.45) is 6.71. The number of carbonyl (C=O) groups excluding carboxylic acids is 1. The Morgan fingerprint density at radius 1 is 1.12 bits per heavy atom. The molecule has 3 fully saturated rings. The molecule has 2 aliphatic heterocycles. The van der Waals surface area contributed by atoms with Crippen LogP contribution < -0.4 is 0 Å². The normalized spacial score (nSPS) is 29.0. The van der Waals surface area contributed by atoms with Crippen LogP contribution in [-0.2, 0) is 14.9 Å². The number of rotatable bonds is 5. The molecule has 1 aromatic rings. The second-order valence-electron chi connectivity index (χ2n) is 8.10. The van der Waals surface area contributed by atoms with Crippen molar-refractivity contribution in [3.63, 3.8) is 0 Å². The first-order valence-corrected chi connectivity index (χ1v) is 9.86. The summed E-state index contributed by atoms with van der Waals surface area (Å²) in [5.41, 5.74) is 0.734. The Balaban J connectivity index is 1.34. The van der Waals surface area contributed by atoms with Crippen molar-refractivity contribution in [2.24, 2.45) is 0 Å². The Kier molecular flexibility index (Phi) is 4.83. The van der Waals surface area contributed by atoms with Crippen LogP contribution >= 0.6 is 0 Å². The summed E-state index contributed by atoms with van der Waals surface area (Å²) in [7, 11) is 2.25. The first-order valence-electron chi connectivity index (χ1n) is 9.86. The lowest BCUT2D eigenvalue weighted by Gasteiger charge is -2.38. The molecule has 0 amide bonds. The maximum Gasteiger partial charge on any atom is 0.316 e. The van der Waals surface area contributed by atoms with Crippen LogP contribution in [0.1, 0.15) is 44.1 Å². The lowest BCUT2D eigenvalue weighted by Crippen LogP contribution is -2.52. The van der Waals surface area contributed by atoms with Gasteiger partial charge in [0.05, 0.1) is 5.41 Å². The second-order valence-corrected chi connectivity index (χ2v) is 8.10. The lowest BCUT2D eigenvalue weighted by molar-refractivity contribution is -0.151. The van der Waals surface area contributed by atoms with Gasteiger partial charge in [-0.3, -0.25) is 14.6 Å². The maximum absolute atomic E-state index is 13.0. The van der Waals surface area contributed by atoms with Gasteiger partial charge in [-0.1, -0.05) is 43.2 Å². The smallest absolute Gasteiger partial charge is 0.316 e. The minimum Gasteiger partial charge on any atom is -0.464 e. The van der Waals surface area contributed by atoms with Crippen molar-refractivity contribution in [2.75, 3.05) is 33.3 Å². The third-order valence-corrected chi connectivity index (χ3v) is 6.74. The van der Waals surface area contributed by atoms with Gasteiger partial charge in [0, 0.05) is 31.7 Å². The van der Waals surface area contributed by atoms with Crippen molar-refractivity contribution in [1.82, 2.24) is 9.80 Å². The Labute approximate surface area is 151 Å². The molecule has 4 heteroatoms. The van der Waals surface area contributed by atoms with E-state index in [-0.39, 0.29) is 5.97 Å². The van der Waals surface area contributed by atoms with Gasteiger partial charge in [-0.15, -0.1) is 0 Å². The highest BCUT2D eigenvalue weighted by Gasteiger charge is 2.44. The summed E-state index contributed by atoms with van der Waals surface area (Å²) in [6, 6.07) is 11.6. The standard InChI is InChI=1S/C21H30N2O2/c1-22-18-9-10-19(22)16-23(15-18)13-14-25-20(24)21(11-5-6-12-21)17-7-3-2-4-8-17/h2-4,7-8,18-19H,5-6,9-16H2,1H3. The molecule has 1 aliphatic carbocycles. The number of hydrogen-bond acceptors (Lipinski definition) is 4. The van der Waals surface area contributed by atoms with Crippen molar-refractivity contribution >= 4 is 5.97 Å². The molecule has 2 atom stereocenters. The Morgan fingerprint density at radius 3 is 2.40 bits per heavy atom. The number of carbonyl (C=O) groups is 1. The number of esters is 1. The van der Waals surface area contributed by atoms with Crippen LogP contribution in [0, 0.1) is 0 Å². The summed E-state index contributed by atoms with van der Waals surface area (Å²) in [6.45, 7) is 3.64. The third-order valence-electron chi connectivity index (χ3n) is 6.74. The molecule has 4 rings (SSSR count). The van der Waals surface area contributed by atoms with E-state index in [0.717, 1.165) is 50.9 Å². The van der Waals surface area contributed by atoms with E-state index in [2.05, 4.69) is 29.0 Å². The van der Waals surface area contributed by atoms with E-state index in [1.807, 2.05) is 18.2 Å². The highest BCUT2D eigenvalue weighted by molar-refractivity contribution is 5.83. The van der Waals surface area contributed by atoms with Crippen LogP contribution in [0.2, 0.25) is 0 Å². The van der Waals surface area contributed by atoms with Gasteiger partial charge in [0.2, 0.25) is 0 Å². The van der Waals surface area contributed by atoms with Gasteiger partial charge >= 0.3 is 5.97 Å². The number of fused-ring (bicyclic) bond motifs is 2. The molecule has 0 aromatic heterocycles. The SMILES string of the molecule is CN1C2CCC1CN(CCOC(=O)C1(c3ccccc3)CCCC1)C2. The van der Waals surface area contributed by atoms with Crippen LogP contribution in [0.15, 0.2) is 30.3 Å². The van der Waals surface area contributed by atoms with E-state index in [9.17, 15) is 4.79 Å². The van der Waals surface area contributed by atoms with Crippen LogP contribution in [0.5, 0.6) is 0 Å². The minimum atomic E-state index is -0.400. The topological polar surface area (TPSA) is 32.8 Å². The zero-order valence-electron chi connectivity index (χ0n) is 15.3. The quantitative estimate of drug-likeness (QED) is 0.771. The zero-order chi connectivity index (χ0) is 17.3. The van der Waals surface area contributed by atoms with Crippen LogP contribution in [0.3, 0.4) is 0 Å². The number of nitrogens with zero attached hydrogens (tertiary/aromatic N) is 2. The lowest BCUT2D eigenvalue weighted by atomic mass is 9.79. The molecular formula is C21H30N2O2. The van der Waals surface area contributed by atoms with Crippen LogP contribution in [0.4, 0.5) is 0 Å². The fraction of sp³-hybridized carbons (Fsp3) is 0.667. The molecule has 0 spiro atoms. The van der Waals surface area contributed by atoms with E-state index in [1.54, 1.807) is 0 Å². The minimum absolute atomic E-state index is 0.00620. The van der Waals surface area contributed by atoms with E-state index in [0.29, 0.717) is 18.7 Å². The van der Waals surface area contributed by atoms with E-state index in [4.69, 9.17) is 4.74 Å². The van der Waals surface area contributed by atoms with Gasteiger partial charge in [0.1, 0.15) is 6.61 Å². The van der Waals surface area contributed by atoms with Gasteiger partial charge in [-0.05, 0) is 38.3 Å². The maximum atomic E-state index is 13.0. The number of piperazine rings is 1. The molecule has 2 bridgehead atoms. The summed E-state index contributed by atoms with van der Waals surface area (Å²) in [4.78, 5) is 18.0. The summed E-state index contributed by atoms with van der Waals surface area (Å²) >= 11 is 0. The van der Waals surface area contributed by atoms with Crippen molar-refractivity contribution < 1.29 is 9.53 Å². The molecule has 25 heavy (non-hydrogen) atoms. The number of likely N-dealkylation sites (N-methyl/N-ethyl adjacent to an activating group) is 1. The van der Waals surface area contributed by atoms with E-state index in [1.165, 1.54) is 12.8 Å². The van der Waals surface area contributed by atoms with Crippen LogP contribution in [0.25, 0.3) is 0 Å². The second kappa shape index (κ2) is 7.08. The highest BCUT2D eigenvalue weighted by atomic mass is 16.5. The molecule has 0 N–H and O–H groups in total. The fourth-order valence-electron chi connectivity index (χ4n) is 5.14. The number of ether oxygens (including phenoxy) is 1. The first kappa shape index (κ1) is 17.0. The van der Waals surface area contributed by atoms with Crippen molar-refractivity contribution in [3.8, 4) is 0 Å². The summed E-state index contributed by atoms with van der Waals surface area (Å²) in [5, 5.41) is 0. The summed E-state index contributed by atoms with van der Waals surface area (Å²) in [5.74, 6) is -0.00620. The average Bonchev–Trinajstić information content (AvgIpc) is 3.19. The fourth-order valence-corrected chi connectivity index (χ4v) is 5.14. The van der Waals surface area contributed by atoms with Gasteiger partial charge in [-0.2, -0.15) is 0 Å². The number of benzene rings is 1. The molecule has 1 saturated carbocycles. The highest BCUT2D eigenvalue weighted by Crippen LogP contribution is 2.42. The van der Waals surface area contributed by atoms with Gasteiger partial charge in [0.15, 0.2) is 0 Å². The number of likely N-dealkylation sites (tertiary alicyclic amines) is 1. The molecule has 3 aliphatic rings. The first-order chi connectivity index (χ1) is 12.2. The molecular weight excluding hydrogens is 312 g/mol. The predicted octanol–water partition coefficient (Wildman–Crippen LogP) is 2.82. The Morgan fingerprint density at radius 2 is 1.76 bits per heavy atom. The van der Waals surface area contributed by atoms with Gasteiger partial charge < -0.3 is 4.74 Å². The van der Waals surface area contributed by atoms with Gasteiger partial charge in [0.25, 0.3) is 0 Å². The van der Waals surface area contributed by atoms with E-state index >= 15 is 0 Å². The Bertz CT molecular complexity index is 583. The summed E-state index contributed by atoms with van der Waals surface area (Å²) < 4.78 is 5.81. The van der Waals surface area contributed by atoms with Crippen molar-refractivity contribution in [3.05, 3.63) is 35.9 Å². The monoisotopic (exact) mass is 342 g/mol. The number of hydrogen-bond donors (Lipinski definition) is 0. The predicted molar refractivity (Wildman–Crippen MR) is 98.6 cm³/mol. The molecule has 1 aromatic carbocycles. The largest absolute Gasteiger partial charge is 0.464 e. The average molecular weight is 342 g/mol. The Hall–Kier alpha value is -1.39. The van der Waals surface area contributed by atoms with E-state index < -0.39 is 5.41 Å². The van der Waals surface area contributed by atoms with Crippen molar-refractivity contribution in [1.29, 1.82) is 0 Å². The molecule has 136 valence electrons. The molecule has 4 nitrogen and oxygen atoms in total. The molecule has 2 unspecified atom stereocenters. The van der Waals surface area contributed by atoms with Crippen LogP contribution in [-0.4, -0.2) is 61.1 Å². The zero-order valence-corrected chi connectivity index (χ0v) is 15.3. The molecule has 2 heterocycles. The molecule has 0 radical (unpaired) electrons. The third kappa shape index (κ3) is 3.22. The van der Waals surface area contributed by atoms with Gasteiger partial charge in [-0.25, -0.2) is 0 Å². The van der Waals surface area contributed by atoms with Crippen molar-refractivity contribution in [2.45, 2.75) is 56.0 Å².